The monoisotopic (exact) mass is 414 g/mol. The van der Waals surface area contributed by atoms with Gasteiger partial charge < -0.3 is 24.4 Å². The minimum absolute atomic E-state index is 0.0389. The number of ether oxygens (including phenoxy) is 1. The number of hydrogen-bond acceptors (Lipinski definition) is 3. The van der Waals surface area contributed by atoms with Gasteiger partial charge in [-0.1, -0.05) is 20.3 Å². The molecule has 7 nitrogen and oxygen atoms in total. The van der Waals surface area contributed by atoms with Crippen LogP contribution in [0, 0.1) is 0 Å². The van der Waals surface area contributed by atoms with Gasteiger partial charge >= 0.3 is 6.03 Å². The number of hydrogen-bond donors (Lipinski definition) is 1. The molecule has 0 fully saturated rings. The van der Waals surface area contributed by atoms with E-state index in [0.717, 1.165) is 30.7 Å². The molecule has 0 saturated heterocycles. The molecule has 0 aliphatic heterocycles. The van der Waals surface area contributed by atoms with Crippen molar-refractivity contribution in [3.63, 3.8) is 0 Å². The molecule has 7 heteroatoms. The van der Waals surface area contributed by atoms with Crippen molar-refractivity contribution in [3.8, 4) is 5.75 Å². The molecule has 0 aliphatic carbocycles. The molecule has 0 radical (unpaired) electrons. The average molecular weight is 415 g/mol. The summed E-state index contributed by atoms with van der Waals surface area (Å²) in [5.41, 5.74) is 1.74. The highest BCUT2D eigenvalue weighted by molar-refractivity contribution is 5.92. The summed E-state index contributed by atoms with van der Waals surface area (Å²) in [6.07, 6.45) is 4.69. The van der Waals surface area contributed by atoms with Gasteiger partial charge in [-0.05, 0) is 49.2 Å². The lowest BCUT2D eigenvalue weighted by molar-refractivity contribution is -0.132. The molecule has 0 bridgehead atoms. The fraction of sp³-hybridized carbons (Fsp3) is 0.478. The smallest absolute Gasteiger partial charge is 0.322 e. The van der Waals surface area contributed by atoms with E-state index < -0.39 is 0 Å². The van der Waals surface area contributed by atoms with Crippen LogP contribution in [0.5, 0.6) is 5.75 Å². The normalized spacial score (nSPS) is 10.5. The van der Waals surface area contributed by atoms with Crippen molar-refractivity contribution < 1.29 is 14.3 Å². The lowest BCUT2D eigenvalue weighted by Crippen LogP contribution is -2.45. The molecule has 2 aromatic rings. The number of methoxy groups -OCH3 is 1. The number of amides is 3. The van der Waals surface area contributed by atoms with Crippen molar-refractivity contribution in [2.45, 2.75) is 39.7 Å². The second-order valence-corrected chi connectivity index (χ2v) is 7.36. The van der Waals surface area contributed by atoms with E-state index in [1.165, 1.54) is 0 Å². The van der Waals surface area contributed by atoms with Crippen LogP contribution in [0.25, 0.3) is 0 Å². The number of urea groups is 1. The Balaban J connectivity index is 2.05. The minimum Gasteiger partial charge on any atom is -0.497 e. The highest BCUT2D eigenvalue weighted by Gasteiger charge is 2.21. The van der Waals surface area contributed by atoms with E-state index in [-0.39, 0.29) is 18.5 Å². The minimum atomic E-state index is -0.273. The van der Waals surface area contributed by atoms with E-state index in [9.17, 15) is 9.59 Å². The number of aromatic nitrogens is 1. The number of anilines is 1. The Kier molecular flexibility index (Phi) is 9.25. The van der Waals surface area contributed by atoms with Crippen LogP contribution in [0.4, 0.5) is 10.5 Å². The molecule has 1 N–H and O–H groups in total. The van der Waals surface area contributed by atoms with Crippen LogP contribution in [0.2, 0.25) is 0 Å². The van der Waals surface area contributed by atoms with E-state index in [4.69, 9.17) is 4.74 Å². The van der Waals surface area contributed by atoms with Gasteiger partial charge in [0.1, 0.15) is 12.3 Å². The Bertz CT molecular complexity index is 801. The zero-order valence-corrected chi connectivity index (χ0v) is 18.6. The maximum absolute atomic E-state index is 13.1. The molecule has 0 aliphatic rings. The molecule has 0 spiro atoms. The summed E-state index contributed by atoms with van der Waals surface area (Å²) in [5, 5.41) is 2.88. The Hall–Kier alpha value is -2.96. The predicted octanol–water partition coefficient (Wildman–Crippen LogP) is 4.11. The zero-order chi connectivity index (χ0) is 21.9. The first-order chi connectivity index (χ1) is 14.5. The summed E-state index contributed by atoms with van der Waals surface area (Å²) in [4.78, 5) is 29.3. The van der Waals surface area contributed by atoms with Crippen molar-refractivity contribution >= 4 is 17.6 Å². The number of nitrogens with one attached hydrogen (secondary N) is 1. The summed E-state index contributed by atoms with van der Waals surface area (Å²) in [6.45, 7) is 5.90. The maximum atomic E-state index is 13.1. The molecule has 1 aromatic heterocycles. The van der Waals surface area contributed by atoms with Crippen molar-refractivity contribution in [2.75, 3.05) is 32.1 Å². The number of unbranched alkanes of at least 4 members (excludes halogenated alkanes) is 1. The Morgan fingerprint density at radius 2 is 1.77 bits per heavy atom. The average Bonchev–Trinajstić information content (AvgIpc) is 3.15. The number of rotatable bonds is 11. The van der Waals surface area contributed by atoms with Gasteiger partial charge in [0.15, 0.2) is 0 Å². The van der Waals surface area contributed by atoms with Gasteiger partial charge in [-0.25, -0.2) is 4.79 Å². The number of aryl methyl sites for hydroxylation is 1. The van der Waals surface area contributed by atoms with Gasteiger partial charge in [-0.3, -0.25) is 4.79 Å². The third kappa shape index (κ3) is 6.83. The maximum Gasteiger partial charge on any atom is 0.322 e. The van der Waals surface area contributed by atoms with E-state index in [0.29, 0.717) is 25.3 Å². The van der Waals surface area contributed by atoms with Gasteiger partial charge in [-0.15, -0.1) is 0 Å². The zero-order valence-electron chi connectivity index (χ0n) is 18.6. The number of carbonyl (C=O) groups is 2. The molecule has 1 aromatic carbocycles. The molecular formula is C23H34N4O3. The molecule has 0 unspecified atom stereocenters. The van der Waals surface area contributed by atoms with Gasteiger partial charge in [0.2, 0.25) is 5.91 Å². The number of carbonyl (C=O) groups excluding carboxylic acids is 2. The Morgan fingerprint density at radius 3 is 2.33 bits per heavy atom. The van der Waals surface area contributed by atoms with Crippen LogP contribution >= 0.6 is 0 Å². The second kappa shape index (κ2) is 11.9. The SMILES string of the molecule is CCCCN(Cc1cccn1C)C(=O)CN(CCC)C(=O)Nc1ccc(OC)cc1. The largest absolute Gasteiger partial charge is 0.497 e. The van der Waals surface area contributed by atoms with Crippen LogP contribution in [-0.4, -0.2) is 53.0 Å². The van der Waals surface area contributed by atoms with E-state index in [1.807, 2.05) is 41.8 Å². The highest BCUT2D eigenvalue weighted by Crippen LogP contribution is 2.16. The van der Waals surface area contributed by atoms with Crippen molar-refractivity contribution in [1.82, 2.24) is 14.4 Å². The number of benzene rings is 1. The predicted molar refractivity (Wildman–Crippen MR) is 120 cm³/mol. The summed E-state index contributed by atoms with van der Waals surface area (Å²) in [7, 11) is 3.57. The quantitative estimate of drug-likeness (QED) is 0.602. The fourth-order valence-corrected chi connectivity index (χ4v) is 3.16. The molecule has 30 heavy (non-hydrogen) atoms. The van der Waals surface area contributed by atoms with Crippen molar-refractivity contribution in [1.29, 1.82) is 0 Å². The Labute approximate surface area is 179 Å². The van der Waals surface area contributed by atoms with Gasteiger partial charge in [0.25, 0.3) is 0 Å². The van der Waals surface area contributed by atoms with Crippen LogP contribution in [0.3, 0.4) is 0 Å². The van der Waals surface area contributed by atoms with Crippen LogP contribution < -0.4 is 10.1 Å². The van der Waals surface area contributed by atoms with E-state index in [1.54, 1.807) is 36.3 Å². The third-order valence-corrected chi connectivity index (χ3v) is 4.99. The summed E-state index contributed by atoms with van der Waals surface area (Å²) in [5.74, 6) is 0.684. The molecule has 1 heterocycles. The first-order valence-electron chi connectivity index (χ1n) is 10.6. The first kappa shape index (κ1) is 23.3. The lowest BCUT2D eigenvalue weighted by Gasteiger charge is -2.28. The lowest BCUT2D eigenvalue weighted by atomic mass is 10.2. The fourth-order valence-electron chi connectivity index (χ4n) is 3.16. The van der Waals surface area contributed by atoms with E-state index in [2.05, 4.69) is 12.2 Å². The third-order valence-electron chi connectivity index (χ3n) is 4.99. The standard InChI is InChI=1S/C23H34N4O3/c1-5-7-16-26(17-20-9-8-15-25(20)3)22(28)18-27(14-6-2)23(29)24-19-10-12-21(30-4)13-11-19/h8-13,15H,5-7,14,16-18H2,1-4H3,(H,24,29). The molecule has 0 saturated carbocycles. The molecule has 164 valence electrons. The van der Waals surface area contributed by atoms with Crippen LogP contribution in [-0.2, 0) is 18.4 Å². The van der Waals surface area contributed by atoms with Gasteiger partial charge in [0, 0.05) is 37.7 Å². The summed E-state index contributed by atoms with van der Waals surface area (Å²) < 4.78 is 7.17. The molecule has 2 rings (SSSR count). The second-order valence-electron chi connectivity index (χ2n) is 7.36. The molecular weight excluding hydrogens is 380 g/mol. The molecule has 0 atom stereocenters. The topological polar surface area (TPSA) is 66.8 Å². The van der Waals surface area contributed by atoms with Crippen molar-refractivity contribution in [3.05, 3.63) is 48.3 Å². The Morgan fingerprint density at radius 1 is 1.03 bits per heavy atom. The highest BCUT2D eigenvalue weighted by atomic mass is 16.5. The van der Waals surface area contributed by atoms with Gasteiger partial charge in [-0.2, -0.15) is 0 Å². The summed E-state index contributed by atoms with van der Waals surface area (Å²) in [6, 6.07) is 10.9. The van der Waals surface area contributed by atoms with E-state index >= 15 is 0 Å². The van der Waals surface area contributed by atoms with Crippen molar-refractivity contribution in [2.24, 2.45) is 7.05 Å². The van der Waals surface area contributed by atoms with Crippen LogP contribution in [0.15, 0.2) is 42.6 Å². The number of nitrogens with zero attached hydrogens (tertiary/aromatic N) is 3. The molecule has 3 amide bonds. The van der Waals surface area contributed by atoms with Crippen LogP contribution in [0.1, 0.15) is 38.8 Å². The van der Waals surface area contributed by atoms with Gasteiger partial charge in [0.05, 0.1) is 13.7 Å². The summed E-state index contributed by atoms with van der Waals surface area (Å²) >= 11 is 0. The first-order valence-corrected chi connectivity index (χ1v) is 10.6.